The molecular weight excluding hydrogens is 340 g/mol. The first-order valence-corrected chi connectivity index (χ1v) is 11.7. The van der Waals surface area contributed by atoms with Gasteiger partial charge in [-0.15, -0.1) is 0 Å². The summed E-state index contributed by atoms with van der Waals surface area (Å²) in [6.45, 7) is 12.4. The zero-order chi connectivity index (χ0) is 19.3. The minimum Gasteiger partial charge on any atom is -0.465 e. The lowest BCUT2D eigenvalue weighted by molar-refractivity contribution is 0.0346. The van der Waals surface area contributed by atoms with Gasteiger partial charge in [-0.1, -0.05) is 20.8 Å². The number of carbonyl (C=O) groups is 2. The van der Waals surface area contributed by atoms with Gasteiger partial charge in [0.15, 0.2) is 8.32 Å². The lowest BCUT2D eigenvalue weighted by Gasteiger charge is -2.41. The third kappa shape index (κ3) is 6.85. The van der Waals surface area contributed by atoms with E-state index in [2.05, 4.69) is 26.1 Å². The summed E-state index contributed by atoms with van der Waals surface area (Å²) in [5.41, 5.74) is -0.587. The van der Waals surface area contributed by atoms with Crippen LogP contribution in [0.2, 0.25) is 18.1 Å². The lowest BCUT2D eigenvalue weighted by atomic mass is 10.0. The molecule has 0 bridgehead atoms. The third-order valence-electron chi connectivity index (χ3n) is 4.75. The minimum atomic E-state index is -1.84. The molecule has 1 aliphatic rings. The van der Waals surface area contributed by atoms with E-state index >= 15 is 0 Å². The normalized spacial score (nSPS) is 21.8. The monoisotopic (exact) mass is 374 g/mol. The van der Waals surface area contributed by atoms with E-state index in [1.165, 1.54) is 4.90 Å². The average molecular weight is 375 g/mol. The van der Waals surface area contributed by atoms with Crippen molar-refractivity contribution in [3.8, 4) is 0 Å². The number of likely N-dealkylation sites (tertiary alicyclic amines) is 1. The van der Waals surface area contributed by atoms with E-state index < -0.39 is 26.1 Å². The van der Waals surface area contributed by atoms with Crippen LogP contribution in [0.4, 0.5) is 9.59 Å². The average Bonchev–Trinajstić information content (AvgIpc) is 2.50. The molecule has 7 nitrogen and oxygen atoms in total. The van der Waals surface area contributed by atoms with Crippen LogP contribution in [0.25, 0.3) is 0 Å². The summed E-state index contributed by atoms with van der Waals surface area (Å²) in [7, 11) is -1.84. The number of ether oxygens (including phenoxy) is 1. The Labute approximate surface area is 152 Å². The van der Waals surface area contributed by atoms with Gasteiger partial charge in [0.1, 0.15) is 5.60 Å². The summed E-state index contributed by atoms with van der Waals surface area (Å²) < 4.78 is 11.7. The van der Waals surface area contributed by atoms with Gasteiger partial charge in [0.05, 0.1) is 12.1 Å². The van der Waals surface area contributed by atoms with Gasteiger partial charge in [0.25, 0.3) is 0 Å². The van der Waals surface area contributed by atoms with Crippen LogP contribution in [-0.4, -0.2) is 61.3 Å². The highest BCUT2D eigenvalue weighted by molar-refractivity contribution is 6.73. The second-order valence-corrected chi connectivity index (χ2v) is 12.5. The summed E-state index contributed by atoms with van der Waals surface area (Å²) in [6, 6.07) is 2.72. The number of carbonyl (C=O) groups excluding carboxylic acids is 1. The minimum absolute atomic E-state index is 0.184. The quantitative estimate of drug-likeness (QED) is 0.693. The molecule has 0 aromatic carbocycles. The number of nitrogens with one attached hydrogen (secondary N) is 1. The van der Waals surface area contributed by atoms with Gasteiger partial charge < -0.3 is 24.5 Å². The maximum Gasteiger partial charge on any atom is 0.407 e. The fourth-order valence-electron chi connectivity index (χ4n) is 3.23. The fourth-order valence-corrected chi connectivity index (χ4v) is 6.10. The molecule has 0 radical (unpaired) electrons. The standard InChI is InChI=1S/C17H34N2O5Si/c1-7-25(8-2,9-3)24-14-10-13(11-19(12-14)16(21)22)18-15(20)23-17(4,5)6/h13-14H,7-12H2,1-6H3,(H,18,20)(H,21,22). The number of amides is 2. The van der Waals surface area contributed by atoms with E-state index in [1.54, 1.807) is 20.8 Å². The first kappa shape index (κ1) is 21.8. The summed E-state index contributed by atoms with van der Waals surface area (Å²) >= 11 is 0. The van der Waals surface area contributed by atoms with Gasteiger partial charge in [-0.05, 0) is 45.3 Å². The Hall–Kier alpha value is -1.28. The van der Waals surface area contributed by atoms with Gasteiger partial charge in [-0.25, -0.2) is 9.59 Å². The summed E-state index contributed by atoms with van der Waals surface area (Å²) in [5.74, 6) is 0. The molecule has 2 unspecified atom stereocenters. The number of nitrogens with zero attached hydrogens (tertiary/aromatic N) is 1. The van der Waals surface area contributed by atoms with Crippen LogP contribution >= 0.6 is 0 Å². The van der Waals surface area contributed by atoms with Gasteiger partial charge in [0, 0.05) is 13.1 Å². The van der Waals surface area contributed by atoms with E-state index in [1.807, 2.05) is 0 Å². The Morgan fingerprint density at radius 3 is 2.16 bits per heavy atom. The van der Waals surface area contributed by atoms with Crippen LogP contribution in [0.3, 0.4) is 0 Å². The smallest absolute Gasteiger partial charge is 0.407 e. The molecule has 0 saturated carbocycles. The van der Waals surface area contributed by atoms with E-state index in [9.17, 15) is 14.7 Å². The second kappa shape index (κ2) is 8.89. The molecule has 8 heteroatoms. The molecule has 1 aliphatic heterocycles. The largest absolute Gasteiger partial charge is 0.465 e. The van der Waals surface area contributed by atoms with Crippen LogP contribution in [0.1, 0.15) is 48.0 Å². The molecule has 2 amide bonds. The maximum atomic E-state index is 12.0. The van der Waals surface area contributed by atoms with Gasteiger partial charge in [0.2, 0.25) is 0 Å². The molecular formula is C17H34N2O5Si. The van der Waals surface area contributed by atoms with E-state index in [4.69, 9.17) is 9.16 Å². The molecule has 1 fully saturated rings. The highest BCUT2D eigenvalue weighted by Crippen LogP contribution is 2.27. The third-order valence-corrected chi connectivity index (χ3v) is 9.45. The Kier molecular flexibility index (Phi) is 7.74. The predicted molar refractivity (Wildman–Crippen MR) is 99.4 cm³/mol. The molecule has 1 heterocycles. The molecule has 1 saturated heterocycles. The summed E-state index contributed by atoms with van der Waals surface area (Å²) in [5, 5.41) is 12.2. The van der Waals surface area contributed by atoms with Gasteiger partial charge >= 0.3 is 12.2 Å². The van der Waals surface area contributed by atoms with Crippen molar-refractivity contribution in [2.24, 2.45) is 0 Å². The number of hydrogen-bond donors (Lipinski definition) is 2. The van der Waals surface area contributed by atoms with Crippen molar-refractivity contribution in [3.63, 3.8) is 0 Å². The Morgan fingerprint density at radius 1 is 1.16 bits per heavy atom. The fraction of sp³-hybridized carbons (Fsp3) is 0.882. The highest BCUT2D eigenvalue weighted by atomic mass is 28.4. The molecule has 0 spiro atoms. The highest BCUT2D eigenvalue weighted by Gasteiger charge is 2.38. The second-order valence-electron chi connectivity index (χ2n) is 7.75. The van der Waals surface area contributed by atoms with E-state index in [-0.39, 0.29) is 18.7 Å². The summed E-state index contributed by atoms with van der Waals surface area (Å²) in [6.07, 6.45) is -1.08. The van der Waals surface area contributed by atoms with Crippen LogP contribution in [0.15, 0.2) is 0 Å². The molecule has 2 atom stereocenters. The lowest BCUT2D eigenvalue weighted by Crippen LogP contribution is -2.57. The van der Waals surface area contributed by atoms with Crippen LogP contribution in [0.5, 0.6) is 0 Å². The van der Waals surface area contributed by atoms with Gasteiger partial charge in [-0.2, -0.15) is 0 Å². The van der Waals surface area contributed by atoms with Crippen molar-refractivity contribution in [2.75, 3.05) is 13.1 Å². The van der Waals surface area contributed by atoms with Crippen LogP contribution < -0.4 is 5.32 Å². The first-order valence-electron chi connectivity index (χ1n) is 9.19. The topological polar surface area (TPSA) is 88.1 Å². The number of hydrogen-bond acceptors (Lipinski definition) is 4. The molecule has 0 aromatic rings. The Balaban J connectivity index is 2.80. The van der Waals surface area contributed by atoms with E-state index in [0.29, 0.717) is 13.0 Å². The number of alkyl carbamates (subject to hydrolysis) is 1. The predicted octanol–water partition coefficient (Wildman–Crippen LogP) is 3.65. The van der Waals surface area contributed by atoms with Crippen LogP contribution in [-0.2, 0) is 9.16 Å². The Morgan fingerprint density at radius 2 is 1.72 bits per heavy atom. The van der Waals surface area contributed by atoms with Crippen molar-refractivity contribution in [2.45, 2.75) is 83.8 Å². The van der Waals surface area contributed by atoms with Crippen LogP contribution in [0, 0.1) is 0 Å². The van der Waals surface area contributed by atoms with E-state index in [0.717, 1.165) is 18.1 Å². The number of rotatable bonds is 6. The van der Waals surface area contributed by atoms with Crippen molar-refractivity contribution in [3.05, 3.63) is 0 Å². The first-order chi connectivity index (χ1) is 11.5. The number of carboxylic acid groups (broad SMARTS) is 1. The van der Waals surface area contributed by atoms with Crippen molar-refractivity contribution >= 4 is 20.5 Å². The molecule has 0 aromatic heterocycles. The van der Waals surface area contributed by atoms with Crippen molar-refractivity contribution in [1.29, 1.82) is 0 Å². The zero-order valence-electron chi connectivity index (χ0n) is 16.4. The molecule has 146 valence electrons. The zero-order valence-corrected chi connectivity index (χ0v) is 17.4. The van der Waals surface area contributed by atoms with Crippen molar-refractivity contribution < 1.29 is 23.9 Å². The molecule has 2 N–H and O–H groups in total. The molecule has 25 heavy (non-hydrogen) atoms. The molecule has 0 aliphatic carbocycles. The Bertz CT molecular complexity index is 454. The van der Waals surface area contributed by atoms with Crippen molar-refractivity contribution in [1.82, 2.24) is 10.2 Å². The summed E-state index contributed by atoms with van der Waals surface area (Å²) in [4.78, 5) is 24.8. The SMILES string of the molecule is CC[Si](CC)(CC)OC1CC(NC(=O)OC(C)(C)C)CN(C(=O)O)C1. The molecule has 1 rings (SSSR count). The number of piperidine rings is 1. The maximum absolute atomic E-state index is 12.0. The van der Waals surface area contributed by atoms with Gasteiger partial charge in [-0.3, -0.25) is 0 Å².